The van der Waals surface area contributed by atoms with Gasteiger partial charge in [-0.25, -0.2) is 4.79 Å². The molecule has 1 spiro atoms. The number of carbonyl (C=O) groups is 3. The molecule has 1 saturated heterocycles. The van der Waals surface area contributed by atoms with Crippen LogP contribution < -0.4 is 5.32 Å². The van der Waals surface area contributed by atoms with Gasteiger partial charge in [0.05, 0.1) is 6.54 Å². The molecule has 2 aliphatic rings. The van der Waals surface area contributed by atoms with Crippen molar-refractivity contribution in [1.82, 2.24) is 10.2 Å². The molecule has 1 atom stereocenters. The summed E-state index contributed by atoms with van der Waals surface area (Å²) >= 11 is 0. The Bertz CT molecular complexity index is 966. The van der Waals surface area contributed by atoms with Crippen LogP contribution in [0.25, 0.3) is 0 Å². The molecule has 1 fully saturated rings. The molecule has 1 heterocycles. The molecule has 0 unspecified atom stereocenters. The fourth-order valence-corrected chi connectivity index (χ4v) is 4.31. The third kappa shape index (κ3) is 2.74. The predicted molar refractivity (Wildman–Crippen MR) is 102 cm³/mol. The van der Waals surface area contributed by atoms with Gasteiger partial charge in [-0.1, -0.05) is 48.0 Å². The molecule has 5 nitrogen and oxygen atoms in total. The molecule has 2 aromatic rings. The van der Waals surface area contributed by atoms with E-state index >= 15 is 0 Å². The van der Waals surface area contributed by atoms with E-state index in [2.05, 4.69) is 5.32 Å². The molecule has 3 amide bonds. The number of benzene rings is 2. The molecule has 4 rings (SSSR count). The number of nitrogens with zero attached hydrogens (tertiary/aromatic N) is 1. The Balaban J connectivity index is 1.64. The van der Waals surface area contributed by atoms with Crippen LogP contribution in [0.2, 0.25) is 0 Å². The van der Waals surface area contributed by atoms with Gasteiger partial charge in [0.1, 0.15) is 5.54 Å². The van der Waals surface area contributed by atoms with Crippen LogP contribution in [-0.2, 0) is 16.8 Å². The van der Waals surface area contributed by atoms with E-state index in [1.807, 2.05) is 50.2 Å². The van der Waals surface area contributed by atoms with Crippen molar-refractivity contribution < 1.29 is 14.4 Å². The summed E-state index contributed by atoms with van der Waals surface area (Å²) in [4.78, 5) is 39.7. The highest BCUT2D eigenvalue weighted by atomic mass is 16.2. The van der Waals surface area contributed by atoms with Gasteiger partial charge >= 0.3 is 6.03 Å². The van der Waals surface area contributed by atoms with Crippen LogP contribution in [0.4, 0.5) is 4.79 Å². The Morgan fingerprint density at radius 1 is 1.15 bits per heavy atom. The average Bonchev–Trinajstić information content (AvgIpc) is 2.87. The zero-order valence-electron chi connectivity index (χ0n) is 15.5. The third-order valence-corrected chi connectivity index (χ3v) is 5.63. The number of imide groups is 1. The summed E-state index contributed by atoms with van der Waals surface area (Å²) in [5.74, 6) is -0.546. The first-order valence-electron chi connectivity index (χ1n) is 9.25. The highest BCUT2D eigenvalue weighted by Crippen LogP contribution is 2.39. The van der Waals surface area contributed by atoms with Gasteiger partial charge in [0.25, 0.3) is 5.91 Å². The van der Waals surface area contributed by atoms with Crippen LogP contribution >= 0.6 is 0 Å². The molecule has 27 heavy (non-hydrogen) atoms. The van der Waals surface area contributed by atoms with Crippen molar-refractivity contribution in [1.29, 1.82) is 0 Å². The summed E-state index contributed by atoms with van der Waals surface area (Å²) < 4.78 is 0. The minimum atomic E-state index is -1.03. The van der Waals surface area contributed by atoms with Crippen LogP contribution in [0.15, 0.2) is 42.5 Å². The first-order chi connectivity index (χ1) is 12.9. The molecule has 0 radical (unpaired) electrons. The second kappa shape index (κ2) is 6.34. The van der Waals surface area contributed by atoms with Gasteiger partial charge in [-0.15, -0.1) is 0 Å². The minimum Gasteiger partial charge on any atom is -0.319 e. The number of Topliss-reactive ketones (excluding diaryl/α,β-unsaturated/α-hetero) is 1. The summed E-state index contributed by atoms with van der Waals surface area (Å²) in [5.41, 5.74) is 3.37. The number of urea groups is 1. The quantitative estimate of drug-likeness (QED) is 0.673. The highest BCUT2D eigenvalue weighted by molar-refractivity contribution is 6.11. The van der Waals surface area contributed by atoms with E-state index < -0.39 is 11.6 Å². The van der Waals surface area contributed by atoms with Crippen molar-refractivity contribution in [2.24, 2.45) is 0 Å². The summed E-state index contributed by atoms with van der Waals surface area (Å²) in [6.45, 7) is 3.59. The molecule has 138 valence electrons. The number of hydrogen-bond donors (Lipinski definition) is 1. The van der Waals surface area contributed by atoms with Crippen molar-refractivity contribution in [3.8, 4) is 0 Å². The lowest BCUT2D eigenvalue weighted by Crippen LogP contribution is -2.46. The fraction of sp³-hybridized carbons (Fsp3) is 0.318. The van der Waals surface area contributed by atoms with Crippen LogP contribution in [0.5, 0.6) is 0 Å². The number of nitrogens with one attached hydrogen (secondary N) is 1. The molecule has 0 saturated carbocycles. The van der Waals surface area contributed by atoms with E-state index in [0.717, 1.165) is 40.0 Å². The minimum absolute atomic E-state index is 0.225. The monoisotopic (exact) mass is 362 g/mol. The van der Waals surface area contributed by atoms with Gasteiger partial charge in [0, 0.05) is 5.56 Å². The molecule has 1 aliphatic carbocycles. The summed E-state index contributed by atoms with van der Waals surface area (Å²) in [6, 6.07) is 12.8. The molecular weight excluding hydrogens is 340 g/mol. The zero-order chi connectivity index (χ0) is 19.2. The Morgan fingerprint density at radius 3 is 2.70 bits per heavy atom. The normalized spacial score (nSPS) is 21.3. The Hall–Kier alpha value is -2.95. The smallest absolute Gasteiger partial charge is 0.319 e. The first kappa shape index (κ1) is 17.5. The summed E-state index contributed by atoms with van der Waals surface area (Å²) in [5, 5.41) is 2.89. The number of aryl methyl sites for hydroxylation is 3. The highest BCUT2D eigenvalue weighted by Gasteiger charge is 2.54. The number of hydrogen-bond acceptors (Lipinski definition) is 3. The topological polar surface area (TPSA) is 66.5 Å². The lowest BCUT2D eigenvalue weighted by molar-refractivity contribution is -0.131. The van der Waals surface area contributed by atoms with Gasteiger partial charge < -0.3 is 5.32 Å². The van der Waals surface area contributed by atoms with E-state index in [0.29, 0.717) is 12.0 Å². The molecule has 0 aromatic heterocycles. The number of rotatable bonds is 3. The lowest BCUT2D eigenvalue weighted by Gasteiger charge is -2.33. The van der Waals surface area contributed by atoms with Gasteiger partial charge in [-0.2, -0.15) is 0 Å². The third-order valence-electron chi connectivity index (χ3n) is 5.63. The maximum absolute atomic E-state index is 13.3. The zero-order valence-corrected chi connectivity index (χ0v) is 15.5. The number of ketones is 1. The largest absolute Gasteiger partial charge is 0.325 e. The molecule has 2 aromatic carbocycles. The second-order valence-corrected chi connectivity index (χ2v) is 7.48. The van der Waals surface area contributed by atoms with Crippen LogP contribution in [0.3, 0.4) is 0 Å². The van der Waals surface area contributed by atoms with Gasteiger partial charge in [0.15, 0.2) is 5.78 Å². The number of amides is 3. The van der Waals surface area contributed by atoms with Crippen molar-refractivity contribution in [2.45, 2.75) is 38.6 Å². The second-order valence-electron chi connectivity index (χ2n) is 7.48. The SMILES string of the molecule is Cc1ccc(C(=O)CN2C(=O)N[C@@]3(CCCc4ccccc43)C2=O)c(C)c1. The Morgan fingerprint density at radius 2 is 1.93 bits per heavy atom. The van der Waals surface area contributed by atoms with E-state index in [1.165, 1.54) is 0 Å². The van der Waals surface area contributed by atoms with E-state index in [1.54, 1.807) is 6.07 Å². The molecule has 1 aliphatic heterocycles. The van der Waals surface area contributed by atoms with Crippen molar-refractivity contribution in [2.75, 3.05) is 6.54 Å². The Labute approximate surface area is 158 Å². The van der Waals surface area contributed by atoms with Crippen molar-refractivity contribution in [3.05, 3.63) is 70.3 Å². The summed E-state index contributed by atoms with van der Waals surface area (Å²) in [7, 11) is 0. The number of carbonyl (C=O) groups excluding carboxylic acids is 3. The Kier molecular flexibility index (Phi) is 4.10. The van der Waals surface area contributed by atoms with E-state index in [4.69, 9.17) is 0 Å². The molecule has 5 heteroatoms. The first-order valence-corrected chi connectivity index (χ1v) is 9.25. The number of fused-ring (bicyclic) bond motifs is 2. The van der Waals surface area contributed by atoms with E-state index in [9.17, 15) is 14.4 Å². The molecule has 0 bridgehead atoms. The van der Waals surface area contributed by atoms with Crippen LogP contribution in [0, 0.1) is 13.8 Å². The maximum atomic E-state index is 13.3. The van der Waals surface area contributed by atoms with Crippen molar-refractivity contribution >= 4 is 17.7 Å². The van der Waals surface area contributed by atoms with E-state index in [-0.39, 0.29) is 18.2 Å². The average molecular weight is 362 g/mol. The molecular formula is C22H22N2O3. The van der Waals surface area contributed by atoms with Gasteiger partial charge in [0.2, 0.25) is 0 Å². The van der Waals surface area contributed by atoms with Crippen LogP contribution in [0.1, 0.15) is 45.5 Å². The lowest BCUT2D eigenvalue weighted by atomic mass is 9.76. The van der Waals surface area contributed by atoms with Gasteiger partial charge in [-0.3, -0.25) is 14.5 Å². The standard InChI is InChI=1S/C22H22N2O3/c1-14-9-10-17(15(2)12-14)19(25)13-24-20(26)22(23-21(24)27)11-5-7-16-6-3-4-8-18(16)22/h3-4,6,8-10,12H,5,7,11,13H2,1-2H3,(H,23,27)/t22-/m1/s1. The van der Waals surface area contributed by atoms with Crippen molar-refractivity contribution in [3.63, 3.8) is 0 Å². The fourth-order valence-electron chi connectivity index (χ4n) is 4.31. The van der Waals surface area contributed by atoms with Crippen LogP contribution in [-0.4, -0.2) is 29.2 Å². The van der Waals surface area contributed by atoms with Gasteiger partial charge in [-0.05, 0) is 49.8 Å². The summed E-state index contributed by atoms with van der Waals surface area (Å²) in [6.07, 6.45) is 2.27. The maximum Gasteiger partial charge on any atom is 0.325 e. The molecule has 1 N–H and O–H groups in total. The predicted octanol–water partition coefficient (Wildman–Crippen LogP) is 3.27.